The van der Waals surface area contributed by atoms with Gasteiger partial charge in [-0.2, -0.15) is 0 Å². The van der Waals surface area contributed by atoms with Crippen LogP contribution in [0.3, 0.4) is 0 Å². The minimum absolute atomic E-state index is 0. The average molecular weight is 1960 g/mol. The Bertz CT molecular complexity index is 2880. The zero-order valence-electron chi connectivity index (χ0n) is 53.2. The molecular weight excluding hydrogens is 1870 g/mol. The number of aliphatic hydroxyl groups excluding tert-OH is 8. The summed E-state index contributed by atoms with van der Waals surface area (Å²) in [5.41, 5.74) is 4.36. The number of methoxy groups -OCH3 is 2. The summed E-state index contributed by atoms with van der Waals surface area (Å²) in [6.45, 7) is 22.6. The average Bonchev–Trinajstić information content (AvgIpc) is 3.65. The van der Waals surface area contributed by atoms with E-state index in [1.54, 1.807) is 94.7 Å². The van der Waals surface area contributed by atoms with Crippen LogP contribution in [0.15, 0.2) is 98.1 Å². The molecule has 4 aromatic carbocycles. The molecule has 90 heavy (non-hydrogen) atoms. The summed E-state index contributed by atoms with van der Waals surface area (Å²) in [6.07, 6.45) is 4.82. The zero-order chi connectivity index (χ0) is 64.7. The number of halogens is 1. The van der Waals surface area contributed by atoms with Crippen molar-refractivity contribution < 1.29 is 135 Å². The Labute approximate surface area is 583 Å². The second kappa shape index (κ2) is 52.2. The first kappa shape index (κ1) is 91.1. The molecule has 8 N–H and O–H groups in total. The van der Waals surface area contributed by atoms with E-state index in [1.165, 1.54) is 43.0 Å². The topological polar surface area (TPSA) is 335 Å². The zero-order valence-corrected chi connectivity index (χ0v) is 62.7. The third-order valence-electron chi connectivity index (χ3n) is 10.2. The molecule has 0 fully saturated rings. The molecule has 0 aliphatic carbocycles. The van der Waals surface area contributed by atoms with Gasteiger partial charge in [-0.25, -0.2) is 19.9 Å². The number of aliphatic hydroxyl groups is 8. The molecule has 22 nitrogen and oxygen atoms in total. The van der Waals surface area contributed by atoms with Gasteiger partial charge < -0.3 is 50.3 Å². The standard InChI is InChI=1S/2C11H10N3O.C11H10N3.C10H7FN3.4C5H12O2.4Ir/c2*1-8-12-7-13-11(14-8)9-4-3-5-10(6-9)15-2;1-8-4-3-5-10(6-8)11-13-7-12-9(2)14-11;1-7-12-6-13-10(14-7)8-2-4-9(11)5-3-8;4*1-4(6)3-5(2)7;;;;/h2*3,5-7H,1-2H3;3-4,6-7H,1-2H3;2,4-6H,1H3;4*4-7H,3H2,1-2H3;;;;/q4*-1;;;;;;;;. The van der Waals surface area contributed by atoms with Gasteiger partial charge in [0.05, 0.1) is 86.3 Å². The van der Waals surface area contributed by atoms with Gasteiger partial charge in [0.15, 0.2) is 0 Å². The van der Waals surface area contributed by atoms with Crippen LogP contribution in [-0.4, -0.2) is 164 Å². The number of benzene rings is 4. The number of hydrogen-bond acceptors (Lipinski definition) is 22. The molecule has 0 aliphatic heterocycles. The molecule has 0 aliphatic rings. The summed E-state index contributed by atoms with van der Waals surface area (Å²) in [7, 11) is 3.25. The predicted octanol–water partition coefficient (Wildman–Crippen LogP) is 7.60. The van der Waals surface area contributed by atoms with E-state index in [1.807, 2.05) is 70.2 Å². The van der Waals surface area contributed by atoms with Gasteiger partial charge in [0, 0.05) is 97.7 Å². The van der Waals surface area contributed by atoms with Gasteiger partial charge in [-0.1, -0.05) is 19.1 Å². The fourth-order valence-corrected chi connectivity index (χ4v) is 6.66. The second-order valence-electron chi connectivity index (χ2n) is 19.6. The van der Waals surface area contributed by atoms with E-state index < -0.39 is 0 Å². The Morgan fingerprint density at radius 3 is 0.856 bits per heavy atom. The van der Waals surface area contributed by atoms with Gasteiger partial charge in [-0.05, 0) is 109 Å². The molecule has 8 atom stereocenters. The number of aryl methyl sites for hydroxylation is 5. The molecule has 0 spiro atoms. The van der Waals surface area contributed by atoms with Crippen molar-refractivity contribution in [2.75, 3.05) is 14.2 Å². The monoisotopic (exact) mass is 1960 g/mol. The molecule has 8 aromatic rings. The minimum atomic E-state index is -0.375. The molecule has 27 heteroatoms. The smallest absolute Gasteiger partial charge is 0.119 e. The number of rotatable bonds is 14. The molecule has 0 saturated carbocycles. The molecular formula is C63H85FIr4N12O10-4. The van der Waals surface area contributed by atoms with Gasteiger partial charge in [0.2, 0.25) is 0 Å². The van der Waals surface area contributed by atoms with Crippen molar-refractivity contribution in [1.82, 2.24) is 59.8 Å². The van der Waals surface area contributed by atoms with Crippen molar-refractivity contribution in [3.05, 3.63) is 157 Å². The normalized spacial score (nSPS) is 12.4. The van der Waals surface area contributed by atoms with Crippen molar-refractivity contribution >= 4 is 0 Å². The van der Waals surface area contributed by atoms with E-state index in [0.717, 1.165) is 34.0 Å². The largest absolute Gasteiger partial charge is 0.516 e. The van der Waals surface area contributed by atoms with Crippen LogP contribution >= 0.6 is 0 Å². The Hall–Kier alpha value is -5.27. The van der Waals surface area contributed by atoms with Crippen LogP contribution < -0.4 is 9.47 Å². The maximum absolute atomic E-state index is 12.6. The van der Waals surface area contributed by atoms with Crippen molar-refractivity contribution in [3.8, 4) is 57.1 Å². The van der Waals surface area contributed by atoms with Crippen LogP contribution in [0.5, 0.6) is 11.5 Å². The third-order valence-corrected chi connectivity index (χ3v) is 10.2. The van der Waals surface area contributed by atoms with Crippen LogP contribution in [-0.2, 0) is 80.4 Å². The van der Waals surface area contributed by atoms with E-state index >= 15 is 0 Å². The van der Waals surface area contributed by atoms with Crippen LogP contribution in [0.25, 0.3) is 45.6 Å². The van der Waals surface area contributed by atoms with Gasteiger partial charge in [0.1, 0.15) is 48.6 Å². The maximum Gasteiger partial charge on any atom is 0.119 e. The minimum Gasteiger partial charge on any atom is -0.516 e. The van der Waals surface area contributed by atoms with Crippen LogP contribution in [0.4, 0.5) is 4.39 Å². The Balaban J connectivity index is -0.000000478. The van der Waals surface area contributed by atoms with E-state index in [2.05, 4.69) is 84.1 Å². The SMILES string of the molecule is CC(O)CC(C)O.CC(O)CC(C)O.CC(O)CC(C)O.CC(O)CC(C)O.COc1cc[c-]c(-c2ncnc(C)n2)c1.COc1cc[c-]c(-c2ncnc(C)n2)c1.Cc1cc[c-]c(-c2ncnc(C)n2)c1.Cc1ncnc(-c2[c-]cc(F)cc2)n1.[Ir].[Ir].[Ir].[Ir]. The summed E-state index contributed by atoms with van der Waals surface area (Å²) in [4.78, 5) is 48.7. The summed E-state index contributed by atoms with van der Waals surface area (Å²) in [6, 6.07) is 33.0. The van der Waals surface area contributed by atoms with Crippen LogP contribution in [0, 0.1) is 64.7 Å². The molecule has 8 rings (SSSR count). The summed E-state index contributed by atoms with van der Waals surface area (Å²) in [5, 5.41) is 68.5. The number of hydrogen-bond donors (Lipinski definition) is 8. The molecule has 504 valence electrons. The summed E-state index contributed by atoms with van der Waals surface area (Å²) < 4.78 is 22.8. The first-order valence-electron chi connectivity index (χ1n) is 27.5. The molecule has 0 saturated heterocycles. The molecule has 8 unspecified atom stereocenters. The quantitative estimate of drug-likeness (QED) is 0.0486. The first-order chi connectivity index (χ1) is 40.6. The Kier molecular flexibility index (Phi) is 52.9. The number of ether oxygens (including phenoxy) is 2. The van der Waals surface area contributed by atoms with Gasteiger partial charge in [0.25, 0.3) is 0 Å². The molecule has 4 heterocycles. The molecule has 4 radical (unpaired) electrons. The van der Waals surface area contributed by atoms with E-state index in [9.17, 15) is 4.39 Å². The van der Waals surface area contributed by atoms with Gasteiger partial charge in [-0.3, -0.25) is 44.3 Å². The van der Waals surface area contributed by atoms with E-state index in [4.69, 9.17) is 50.3 Å². The molecule has 0 bridgehead atoms. The van der Waals surface area contributed by atoms with Crippen molar-refractivity contribution in [1.29, 1.82) is 0 Å². The van der Waals surface area contributed by atoms with Gasteiger partial charge >= 0.3 is 0 Å². The number of nitrogens with zero attached hydrogens (tertiary/aromatic N) is 12. The van der Waals surface area contributed by atoms with Gasteiger partial charge in [-0.15, -0.1) is 113 Å². The van der Waals surface area contributed by atoms with Crippen LogP contribution in [0.1, 0.15) is 110 Å². The Morgan fingerprint density at radius 2 is 0.633 bits per heavy atom. The summed E-state index contributed by atoms with van der Waals surface area (Å²) >= 11 is 0. The van der Waals surface area contributed by atoms with Crippen LogP contribution in [0.2, 0.25) is 0 Å². The van der Waals surface area contributed by atoms with Crippen molar-refractivity contribution in [2.45, 2.75) is 165 Å². The summed E-state index contributed by atoms with van der Waals surface area (Å²) in [5.74, 6) is 6.37. The Morgan fingerprint density at radius 1 is 0.367 bits per heavy atom. The van der Waals surface area contributed by atoms with E-state index in [-0.39, 0.29) is 135 Å². The van der Waals surface area contributed by atoms with Crippen molar-refractivity contribution in [2.24, 2.45) is 0 Å². The fourth-order valence-electron chi connectivity index (χ4n) is 6.66. The maximum atomic E-state index is 12.6. The predicted molar refractivity (Wildman–Crippen MR) is 325 cm³/mol. The fraction of sp³-hybridized carbons (Fsp3) is 0.429. The third kappa shape index (κ3) is 45.1. The number of aromatic nitrogens is 12. The first-order valence-corrected chi connectivity index (χ1v) is 27.5. The molecule has 4 aromatic heterocycles. The van der Waals surface area contributed by atoms with Crippen molar-refractivity contribution in [3.63, 3.8) is 0 Å². The van der Waals surface area contributed by atoms with E-state index in [0.29, 0.717) is 72.0 Å². The molecule has 0 amide bonds. The second-order valence-corrected chi connectivity index (χ2v) is 19.6.